The predicted octanol–water partition coefficient (Wildman–Crippen LogP) is 10.3. The molecule has 31 heavy (non-hydrogen) atoms. The van der Waals surface area contributed by atoms with Crippen LogP contribution in [0.15, 0.2) is 0 Å². The maximum Gasteiger partial charge on any atom is 0.389 e. The van der Waals surface area contributed by atoms with Crippen LogP contribution >= 0.6 is 0 Å². The van der Waals surface area contributed by atoms with Crippen LogP contribution in [-0.4, -0.2) is 18.5 Å². The van der Waals surface area contributed by atoms with Gasteiger partial charge in [0.25, 0.3) is 0 Å². The lowest BCUT2D eigenvalue weighted by molar-refractivity contribution is -0.139. The summed E-state index contributed by atoms with van der Waals surface area (Å²) in [5, 5.41) is 0. The zero-order valence-corrected chi connectivity index (χ0v) is 18.4. The van der Waals surface area contributed by atoms with Crippen molar-refractivity contribution in [2.24, 2.45) is 5.41 Å². The molecule has 0 aromatic heterocycles. The van der Waals surface area contributed by atoms with E-state index in [0.717, 1.165) is 38.5 Å². The highest BCUT2D eigenvalue weighted by atomic mass is 19.4. The van der Waals surface area contributed by atoms with Crippen molar-refractivity contribution in [3.8, 4) is 0 Å². The second kappa shape index (κ2) is 14.5. The average Bonchev–Trinajstić information content (AvgIpc) is 2.57. The fraction of sp³-hybridized carbons (Fsp3) is 1.00. The lowest BCUT2D eigenvalue weighted by Gasteiger charge is -2.35. The smallest absolute Gasteiger partial charge is 0.171 e. The van der Waals surface area contributed by atoms with Crippen LogP contribution in [0.5, 0.6) is 0 Å². The van der Waals surface area contributed by atoms with Crippen molar-refractivity contribution in [2.45, 2.75) is 135 Å². The van der Waals surface area contributed by atoms with Gasteiger partial charge in [0.05, 0.1) is 0 Å². The second-order valence-electron chi connectivity index (χ2n) is 8.78. The third-order valence-corrected chi connectivity index (χ3v) is 5.81. The summed E-state index contributed by atoms with van der Waals surface area (Å²) >= 11 is 0. The van der Waals surface area contributed by atoms with E-state index in [4.69, 9.17) is 0 Å². The summed E-state index contributed by atoms with van der Waals surface area (Å²) in [5.41, 5.74) is -0.898. The molecule has 0 radical (unpaired) electrons. The molecule has 0 unspecified atom stereocenters. The molecule has 0 aliphatic carbocycles. The fourth-order valence-corrected chi connectivity index (χ4v) is 4.20. The summed E-state index contributed by atoms with van der Waals surface area (Å²) in [6.45, 7) is 2.08. The van der Waals surface area contributed by atoms with Crippen molar-refractivity contribution in [1.29, 1.82) is 0 Å². The number of halogens is 9. The SMILES string of the molecule is CCCCCCCCCC(CCCC(F)(F)F)(CCCC(F)(F)F)CCCC(F)(F)F. The Balaban J connectivity index is 5.05. The molecule has 0 aliphatic heterocycles. The Morgan fingerprint density at radius 3 is 0.968 bits per heavy atom. The molecule has 0 aliphatic rings. The summed E-state index contributed by atoms with van der Waals surface area (Å²) in [4.78, 5) is 0. The zero-order valence-electron chi connectivity index (χ0n) is 18.4. The molecule has 9 heteroatoms. The van der Waals surface area contributed by atoms with Crippen LogP contribution in [0, 0.1) is 5.41 Å². The molecule has 0 atom stereocenters. The Bertz CT molecular complexity index is 385. The Kier molecular flexibility index (Phi) is 14.2. The van der Waals surface area contributed by atoms with E-state index in [9.17, 15) is 39.5 Å². The summed E-state index contributed by atoms with van der Waals surface area (Å²) in [7, 11) is 0. The maximum absolute atomic E-state index is 12.6. The van der Waals surface area contributed by atoms with Crippen molar-refractivity contribution in [3.05, 3.63) is 0 Å². The predicted molar refractivity (Wildman–Crippen MR) is 105 cm³/mol. The largest absolute Gasteiger partial charge is 0.389 e. The molecule has 0 amide bonds. The molecule has 0 fully saturated rings. The van der Waals surface area contributed by atoms with Crippen LogP contribution < -0.4 is 0 Å². The molecule has 0 bridgehead atoms. The van der Waals surface area contributed by atoms with E-state index in [1.165, 1.54) is 0 Å². The third kappa shape index (κ3) is 19.8. The van der Waals surface area contributed by atoms with Gasteiger partial charge in [0.1, 0.15) is 0 Å². The van der Waals surface area contributed by atoms with Crippen molar-refractivity contribution >= 4 is 0 Å². The molecule has 0 rings (SSSR count). The van der Waals surface area contributed by atoms with Crippen LogP contribution in [-0.2, 0) is 0 Å². The van der Waals surface area contributed by atoms with E-state index in [0.29, 0.717) is 12.8 Å². The van der Waals surface area contributed by atoms with Gasteiger partial charge in [-0.1, -0.05) is 51.9 Å². The first-order valence-corrected chi connectivity index (χ1v) is 11.4. The van der Waals surface area contributed by atoms with Crippen molar-refractivity contribution < 1.29 is 39.5 Å². The molecular formula is C22H37F9. The molecule has 0 aromatic rings. The summed E-state index contributed by atoms with van der Waals surface area (Å²) in [5.74, 6) is 0. The molecule has 0 nitrogen and oxygen atoms in total. The Labute approximate surface area is 180 Å². The number of hydrogen-bond acceptors (Lipinski definition) is 0. The lowest BCUT2D eigenvalue weighted by atomic mass is 9.71. The normalized spacial score (nSPS) is 13.7. The first-order chi connectivity index (χ1) is 14.2. The van der Waals surface area contributed by atoms with Crippen LogP contribution in [0.25, 0.3) is 0 Å². The van der Waals surface area contributed by atoms with Crippen molar-refractivity contribution in [2.75, 3.05) is 0 Å². The Hall–Kier alpha value is -0.630. The molecule has 0 aromatic carbocycles. The maximum atomic E-state index is 12.6. The quantitative estimate of drug-likeness (QED) is 0.146. The molecule has 0 N–H and O–H groups in total. The molecule has 0 heterocycles. The number of alkyl halides is 9. The zero-order chi connectivity index (χ0) is 24.0. The van der Waals surface area contributed by atoms with Gasteiger partial charge < -0.3 is 0 Å². The highest BCUT2D eigenvalue weighted by Crippen LogP contribution is 2.44. The highest BCUT2D eigenvalue weighted by Gasteiger charge is 2.36. The summed E-state index contributed by atoms with van der Waals surface area (Å²) in [6, 6.07) is 0. The first kappa shape index (κ1) is 30.4. The summed E-state index contributed by atoms with van der Waals surface area (Å²) < 4.78 is 113. The average molecular weight is 473 g/mol. The molecule has 0 spiro atoms. The minimum atomic E-state index is -4.39. The lowest BCUT2D eigenvalue weighted by Crippen LogP contribution is -2.24. The minimum absolute atomic E-state index is 0.0120. The highest BCUT2D eigenvalue weighted by molar-refractivity contribution is 4.81. The van der Waals surface area contributed by atoms with Gasteiger partial charge in [-0.3, -0.25) is 0 Å². The molecule has 0 saturated heterocycles. The van der Waals surface area contributed by atoms with E-state index in [-0.39, 0.29) is 38.5 Å². The van der Waals surface area contributed by atoms with Crippen LogP contribution in [0.1, 0.15) is 116 Å². The topological polar surface area (TPSA) is 0 Å². The van der Waals surface area contributed by atoms with Gasteiger partial charge in [0.15, 0.2) is 0 Å². The fourth-order valence-electron chi connectivity index (χ4n) is 4.20. The van der Waals surface area contributed by atoms with E-state index in [1.807, 2.05) is 0 Å². The monoisotopic (exact) mass is 472 g/mol. The standard InChI is InChI=1S/C22H37F9/c1-2-3-4-5-6-7-8-12-19(13-9-16-20(23,24)25,14-10-17-21(26,27)28)15-11-18-22(29,30)31/h2-18H2,1H3. The number of rotatable bonds is 17. The Morgan fingerprint density at radius 2 is 0.645 bits per heavy atom. The number of hydrogen-bond donors (Lipinski definition) is 0. The van der Waals surface area contributed by atoms with Gasteiger partial charge in [0.2, 0.25) is 0 Å². The van der Waals surface area contributed by atoms with Gasteiger partial charge in [-0.25, -0.2) is 0 Å². The summed E-state index contributed by atoms with van der Waals surface area (Å²) in [6.07, 6.45) is -10.1. The van der Waals surface area contributed by atoms with Crippen molar-refractivity contribution in [1.82, 2.24) is 0 Å². The van der Waals surface area contributed by atoms with Crippen LogP contribution in [0.4, 0.5) is 39.5 Å². The van der Waals surface area contributed by atoms with Crippen LogP contribution in [0.3, 0.4) is 0 Å². The van der Waals surface area contributed by atoms with E-state index >= 15 is 0 Å². The van der Waals surface area contributed by atoms with Gasteiger partial charge in [-0.05, 0) is 50.4 Å². The third-order valence-electron chi connectivity index (χ3n) is 5.81. The van der Waals surface area contributed by atoms with E-state index in [1.54, 1.807) is 0 Å². The van der Waals surface area contributed by atoms with Gasteiger partial charge >= 0.3 is 18.5 Å². The van der Waals surface area contributed by atoms with Gasteiger partial charge in [0, 0.05) is 19.3 Å². The first-order valence-electron chi connectivity index (χ1n) is 11.4. The molecule has 188 valence electrons. The van der Waals surface area contributed by atoms with Crippen molar-refractivity contribution in [3.63, 3.8) is 0 Å². The second-order valence-corrected chi connectivity index (χ2v) is 8.78. The van der Waals surface area contributed by atoms with Gasteiger partial charge in [-0.15, -0.1) is 0 Å². The molecule has 0 saturated carbocycles. The molecular weight excluding hydrogens is 435 g/mol. The minimum Gasteiger partial charge on any atom is -0.171 e. The van der Waals surface area contributed by atoms with Crippen LogP contribution in [0.2, 0.25) is 0 Å². The van der Waals surface area contributed by atoms with E-state index in [2.05, 4.69) is 6.92 Å². The van der Waals surface area contributed by atoms with E-state index < -0.39 is 43.2 Å². The number of unbranched alkanes of at least 4 members (excludes halogenated alkanes) is 6. The Morgan fingerprint density at radius 1 is 0.355 bits per heavy atom. The van der Waals surface area contributed by atoms with Gasteiger partial charge in [-0.2, -0.15) is 39.5 Å².